The molecule has 1 atom stereocenters. The standard InChI is InChI=1S/C8H10ClNO2/c1-2-8(9)5-6(7(11)12)3-4-10-8/h3-5,10H,2H2,1H3,(H,11,12). The number of halogens is 1. The number of alkyl halides is 1. The van der Waals surface area contributed by atoms with Crippen molar-refractivity contribution < 1.29 is 9.90 Å². The van der Waals surface area contributed by atoms with Gasteiger partial charge in [0.15, 0.2) is 0 Å². The van der Waals surface area contributed by atoms with Gasteiger partial charge in [0.05, 0.1) is 5.57 Å². The Morgan fingerprint density at radius 1 is 1.83 bits per heavy atom. The van der Waals surface area contributed by atoms with Crippen LogP contribution >= 0.6 is 11.6 Å². The van der Waals surface area contributed by atoms with E-state index < -0.39 is 11.0 Å². The van der Waals surface area contributed by atoms with Gasteiger partial charge in [-0.1, -0.05) is 18.5 Å². The number of hydrogen-bond acceptors (Lipinski definition) is 2. The minimum absolute atomic E-state index is 0.227. The van der Waals surface area contributed by atoms with E-state index in [4.69, 9.17) is 16.7 Å². The highest BCUT2D eigenvalue weighted by atomic mass is 35.5. The number of rotatable bonds is 2. The van der Waals surface area contributed by atoms with Crippen LogP contribution in [0.5, 0.6) is 0 Å². The molecule has 1 aliphatic rings. The second kappa shape index (κ2) is 3.19. The van der Waals surface area contributed by atoms with Crippen LogP contribution in [0.1, 0.15) is 13.3 Å². The first-order chi connectivity index (χ1) is 5.57. The van der Waals surface area contributed by atoms with Gasteiger partial charge >= 0.3 is 5.97 Å². The average Bonchev–Trinajstić information content (AvgIpc) is 2.05. The number of nitrogens with one attached hydrogen (secondary N) is 1. The lowest BCUT2D eigenvalue weighted by atomic mass is 10.1. The van der Waals surface area contributed by atoms with Crippen LogP contribution in [-0.2, 0) is 4.79 Å². The van der Waals surface area contributed by atoms with Crippen molar-refractivity contribution in [2.24, 2.45) is 0 Å². The molecule has 0 fully saturated rings. The summed E-state index contributed by atoms with van der Waals surface area (Å²) in [5, 5.41) is 11.5. The Balaban J connectivity index is 2.89. The lowest BCUT2D eigenvalue weighted by Crippen LogP contribution is -2.36. The van der Waals surface area contributed by atoms with Crippen molar-refractivity contribution in [3.63, 3.8) is 0 Å². The summed E-state index contributed by atoms with van der Waals surface area (Å²) >= 11 is 6.00. The molecule has 2 N–H and O–H groups in total. The van der Waals surface area contributed by atoms with Gasteiger partial charge in [-0.2, -0.15) is 0 Å². The largest absolute Gasteiger partial charge is 0.478 e. The molecule has 66 valence electrons. The maximum Gasteiger partial charge on any atom is 0.335 e. The number of hydrogen-bond donors (Lipinski definition) is 2. The molecule has 0 aromatic carbocycles. The van der Waals surface area contributed by atoms with Crippen molar-refractivity contribution in [1.29, 1.82) is 0 Å². The van der Waals surface area contributed by atoms with E-state index in [2.05, 4.69) is 5.32 Å². The van der Waals surface area contributed by atoms with Crippen LogP contribution in [0.25, 0.3) is 0 Å². The predicted octanol–water partition coefficient (Wildman–Crippen LogP) is 1.46. The Labute approximate surface area is 75.7 Å². The van der Waals surface area contributed by atoms with E-state index in [1.807, 2.05) is 6.92 Å². The van der Waals surface area contributed by atoms with Crippen LogP contribution in [0, 0.1) is 0 Å². The highest BCUT2D eigenvalue weighted by molar-refractivity contribution is 6.25. The summed E-state index contributed by atoms with van der Waals surface area (Å²) in [6.45, 7) is 1.88. The highest BCUT2D eigenvalue weighted by Gasteiger charge is 2.24. The topological polar surface area (TPSA) is 49.3 Å². The molecule has 1 unspecified atom stereocenters. The molecule has 0 bridgehead atoms. The molecule has 0 radical (unpaired) electrons. The van der Waals surface area contributed by atoms with Crippen molar-refractivity contribution in [3.8, 4) is 0 Å². The van der Waals surface area contributed by atoms with Crippen LogP contribution in [0.4, 0.5) is 0 Å². The van der Waals surface area contributed by atoms with E-state index in [-0.39, 0.29) is 5.57 Å². The summed E-state index contributed by atoms with van der Waals surface area (Å²) in [5.74, 6) is -0.953. The zero-order valence-corrected chi connectivity index (χ0v) is 7.43. The SMILES string of the molecule is CCC1(Cl)C=C(C(=O)O)C=CN1. The predicted molar refractivity (Wildman–Crippen MR) is 46.9 cm³/mol. The molecule has 0 aliphatic carbocycles. The molecule has 4 heteroatoms. The lowest BCUT2D eigenvalue weighted by molar-refractivity contribution is -0.132. The summed E-state index contributed by atoms with van der Waals surface area (Å²) in [6.07, 6.45) is 5.19. The van der Waals surface area contributed by atoms with E-state index in [0.29, 0.717) is 6.42 Å². The molecule has 1 rings (SSSR count). The Kier molecular flexibility index (Phi) is 2.43. The highest BCUT2D eigenvalue weighted by Crippen LogP contribution is 2.23. The second-order valence-corrected chi connectivity index (χ2v) is 3.27. The van der Waals surface area contributed by atoms with Crippen molar-refractivity contribution in [2.45, 2.75) is 18.3 Å². The van der Waals surface area contributed by atoms with Gasteiger partial charge < -0.3 is 10.4 Å². The first kappa shape index (κ1) is 9.13. The molecule has 0 aromatic heterocycles. The monoisotopic (exact) mass is 187 g/mol. The third-order valence-corrected chi connectivity index (χ3v) is 2.22. The smallest absolute Gasteiger partial charge is 0.335 e. The molecule has 0 spiro atoms. The summed E-state index contributed by atoms with van der Waals surface area (Å²) in [7, 11) is 0. The van der Waals surface area contributed by atoms with Gasteiger partial charge in [0.2, 0.25) is 0 Å². The minimum atomic E-state index is -0.953. The molecule has 0 aromatic rings. The Bertz CT molecular complexity index is 260. The molecular weight excluding hydrogens is 178 g/mol. The summed E-state index contributed by atoms with van der Waals surface area (Å²) in [6, 6.07) is 0. The fourth-order valence-corrected chi connectivity index (χ4v) is 1.12. The third-order valence-electron chi connectivity index (χ3n) is 1.73. The molecule has 0 amide bonds. The minimum Gasteiger partial charge on any atom is -0.478 e. The van der Waals surface area contributed by atoms with Crippen LogP contribution < -0.4 is 5.32 Å². The van der Waals surface area contributed by atoms with Crippen molar-refractivity contribution in [3.05, 3.63) is 23.9 Å². The van der Waals surface area contributed by atoms with Gasteiger partial charge in [-0.3, -0.25) is 0 Å². The normalized spacial score (nSPS) is 27.7. The molecule has 3 nitrogen and oxygen atoms in total. The van der Waals surface area contributed by atoms with E-state index in [9.17, 15) is 4.79 Å². The van der Waals surface area contributed by atoms with Crippen molar-refractivity contribution in [2.75, 3.05) is 0 Å². The third kappa shape index (κ3) is 1.80. The fraction of sp³-hybridized carbons (Fsp3) is 0.375. The molecule has 0 saturated heterocycles. The molecule has 12 heavy (non-hydrogen) atoms. The number of carboxylic acids is 1. The van der Waals surface area contributed by atoms with Gasteiger partial charge in [0.25, 0.3) is 0 Å². The molecule has 1 heterocycles. The number of carboxylic acid groups (broad SMARTS) is 1. The van der Waals surface area contributed by atoms with E-state index in [1.54, 1.807) is 6.20 Å². The van der Waals surface area contributed by atoms with Crippen LogP contribution in [0.3, 0.4) is 0 Å². The van der Waals surface area contributed by atoms with Gasteiger partial charge in [-0.15, -0.1) is 0 Å². The fourth-order valence-electron chi connectivity index (χ4n) is 0.943. The number of dihydropyridines is 1. The van der Waals surface area contributed by atoms with Crippen molar-refractivity contribution >= 4 is 17.6 Å². The molecule has 1 aliphatic heterocycles. The van der Waals surface area contributed by atoms with E-state index >= 15 is 0 Å². The van der Waals surface area contributed by atoms with E-state index in [1.165, 1.54) is 12.2 Å². The Morgan fingerprint density at radius 2 is 2.50 bits per heavy atom. The number of carbonyl (C=O) groups is 1. The molecular formula is C8H10ClNO2. The zero-order chi connectivity index (χ0) is 9.19. The first-order valence-electron chi connectivity index (χ1n) is 3.67. The van der Waals surface area contributed by atoms with Crippen LogP contribution in [-0.4, -0.2) is 16.1 Å². The van der Waals surface area contributed by atoms with Gasteiger partial charge in [-0.05, 0) is 24.8 Å². The van der Waals surface area contributed by atoms with Gasteiger partial charge in [-0.25, -0.2) is 4.79 Å². The second-order valence-electron chi connectivity index (χ2n) is 2.60. The van der Waals surface area contributed by atoms with Crippen molar-refractivity contribution in [1.82, 2.24) is 5.32 Å². The quantitative estimate of drug-likeness (QED) is 0.508. The average molecular weight is 188 g/mol. The van der Waals surface area contributed by atoms with Gasteiger partial charge in [0.1, 0.15) is 5.00 Å². The Hall–Kier alpha value is -0.960. The first-order valence-corrected chi connectivity index (χ1v) is 4.04. The lowest BCUT2D eigenvalue weighted by Gasteiger charge is -2.25. The summed E-state index contributed by atoms with van der Waals surface area (Å²) < 4.78 is 0. The number of aliphatic carboxylic acids is 1. The molecule has 0 saturated carbocycles. The maximum absolute atomic E-state index is 10.6. The van der Waals surface area contributed by atoms with Gasteiger partial charge in [0, 0.05) is 0 Å². The van der Waals surface area contributed by atoms with Crippen LogP contribution in [0.15, 0.2) is 23.9 Å². The Morgan fingerprint density at radius 3 is 3.00 bits per heavy atom. The summed E-state index contributed by atoms with van der Waals surface area (Å²) in [5.41, 5.74) is 0.227. The summed E-state index contributed by atoms with van der Waals surface area (Å²) in [4.78, 5) is 9.82. The van der Waals surface area contributed by atoms with Crippen LogP contribution in [0.2, 0.25) is 0 Å². The zero-order valence-electron chi connectivity index (χ0n) is 6.67. The maximum atomic E-state index is 10.6. The van der Waals surface area contributed by atoms with E-state index in [0.717, 1.165) is 0 Å².